The summed E-state index contributed by atoms with van der Waals surface area (Å²) in [5, 5.41) is 4.59. The van der Waals surface area contributed by atoms with Gasteiger partial charge in [-0.05, 0) is 37.3 Å². The summed E-state index contributed by atoms with van der Waals surface area (Å²) >= 11 is 1.71. The molecule has 31 heavy (non-hydrogen) atoms. The van der Waals surface area contributed by atoms with Gasteiger partial charge in [0.05, 0.1) is 16.9 Å². The van der Waals surface area contributed by atoms with Crippen LogP contribution in [0.1, 0.15) is 10.4 Å². The summed E-state index contributed by atoms with van der Waals surface area (Å²) in [5.74, 6) is 1.29. The Morgan fingerprint density at radius 2 is 1.77 bits per heavy atom. The predicted octanol–water partition coefficient (Wildman–Crippen LogP) is 4.99. The molecule has 9 heteroatoms. The van der Waals surface area contributed by atoms with E-state index in [9.17, 15) is 9.46 Å². The molecule has 0 aliphatic carbocycles. The summed E-state index contributed by atoms with van der Waals surface area (Å²) in [6.07, 6.45) is 0. The van der Waals surface area contributed by atoms with Gasteiger partial charge in [0, 0.05) is 31.1 Å². The third-order valence-corrected chi connectivity index (χ3v) is 7.88. The lowest BCUT2D eigenvalue weighted by atomic mass is 10.2. The highest BCUT2D eigenvalue weighted by molar-refractivity contribution is 7.50. The van der Waals surface area contributed by atoms with Crippen LogP contribution in [0.4, 0.5) is 16.4 Å². The number of piperazine rings is 1. The summed E-state index contributed by atoms with van der Waals surface area (Å²) in [6, 6.07) is 18.9. The van der Waals surface area contributed by atoms with Crippen LogP contribution in [0.15, 0.2) is 65.7 Å². The first-order valence-electron chi connectivity index (χ1n) is 10.1. The molecule has 7 nitrogen and oxygen atoms in total. The van der Waals surface area contributed by atoms with Crippen molar-refractivity contribution in [2.24, 2.45) is 4.99 Å². The molecule has 160 valence electrons. The molecular weight excluding hydrogens is 431 g/mol. The minimum atomic E-state index is -3.92. The molecular formula is C22H23N4O3PS. The van der Waals surface area contributed by atoms with Gasteiger partial charge in [-0.3, -0.25) is 0 Å². The Morgan fingerprint density at radius 1 is 1.06 bits per heavy atom. The van der Waals surface area contributed by atoms with E-state index in [1.54, 1.807) is 35.6 Å². The van der Waals surface area contributed by atoms with E-state index in [1.165, 1.54) is 9.55 Å². The average molecular weight is 454 g/mol. The van der Waals surface area contributed by atoms with Crippen molar-refractivity contribution >= 4 is 41.3 Å². The first kappa shape index (κ1) is 20.3. The lowest BCUT2D eigenvalue weighted by molar-refractivity contribution is 0.214. The van der Waals surface area contributed by atoms with E-state index in [-0.39, 0.29) is 0 Å². The number of anilines is 2. The number of benzene rings is 2. The SMILES string of the molecule is Cc1cc2c(s1)Nc1ccccc1N=C2N1CCN(P(=O)(O)Oc2ccccc2)CC1. The molecule has 3 heterocycles. The maximum Gasteiger partial charge on any atom is 0.458 e. The van der Waals surface area contributed by atoms with Crippen LogP contribution < -0.4 is 9.84 Å². The van der Waals surface area contributed by atoms with Gasteiger partial charge in [-0.1, -0.05) is 30.3 Å². The number of rotatable bonds is 3. The largest absolute Gasteiger partial charge is 0.458 e. The maximum atomic E-state index is 12.8. The molecule has 3 aromatic rings. The van der Waals surface area contributed by atoms with Crippen molar-refractivity contribution < 1.29 is 14.0 Å². The van der Waals surface area contributed by atoms with Crippen molar-refractivity contribution in [2.75, 3.05) is 31.5 Å². The van der Waals surface area contributed by atoms with Crippen molar-refractivity contribution in [3.8, 4) is 5.75 Å². The standard InChI is InChI=1S/C22H23N4O3PS/c1-16-15-18-21(23-19-9-5-6-10-20(19)24-22(18)31-16)25-11-13-26(14-12-25)30(27,28)29-17-7-3-2-4-8-17/h2-10,15,24H,11-14H2,1H3,(H,27,28). The molecule has 0 radical (unpaired) electrons. The molecule has 1 fully saturated rings. The fraction of sp³-hybridized carbons (Fsp3) is 0.227. The topological polar surface area (TPSA) is 77.4 Å². The second-order valence-corrected chi connectivity index (χ2v) is 10.5. The van der Waals surface area contributed by atoms with E-state index in [0.29, 0.717) is 31.9 Å². The van der Waals surface area contributed by atoms with Crippen LogP contribution in [0.5, 0.6) is 5.75 Å². The Labute approximate surface area is 185 Å². The zero-order valence-corrected chi connectivity index (χ0v) is 18.8. The highest BCUT2D eigenvalue weighted by Gasteiger charge is 2.35. The molecule has 5 rings (SSSR count). The van der Waals surface area contributed by atoms with Crippen molar-refractivity contribution in [2.45, 2.75) is 6.92 Å². The number of hydrogen-bond donors (Lipinski definition) is 2. The average Bonchev–Trinajstić information content (AvgIpc) is 3.06. The molecule has 1 saturated heterocycles. The van der Waals surface area contributed by atoms with E-state index >= 15 is 0 Å². The van der Waals surface area contributed by atoms with Crippen molar-refractivity contribution in [3.63, 3.8) is 0 Å². The summed E-state index contributed by atoms with van der Waals surface area (Å²) in [7, 11) is -3.92. The number of hydrogen-bond acceptors (Lipinski definition) is 6. The van der Waals surface area contributed by atoms with Gasteiger partial charge in [0.25, 0.3) is 0 Å². The Hall–Kier alpha value is -2.64. The smallest absolute Gasteiger partial charge is 0.413 e. The van der Waals surface area contributed by atoms with E-state index in [1.807, 2.05) is 30.3 Å². The molecule has 2 N–H and O–H groups in total. The summed E-state index contributed by atoms with van der Waals surface area (Å²) in [5.41, 5.74) is 2.94. The number of amidine groups is 1. The second-order valence-electron chi connectivity index (χ2n) is 7.51. The summed E-state index contributed by atoms with van der Waals surface area (Å²) in [4.78, 5) is 18.9. The molecule has 1 aromatic heterocycles. The fourth-order valence-corrected chi connectivity index (χ4v) is 5.94. The van der Waals surface area contributed by atoms with E-state index in [2.05, 4.69) is 23.2 Å². The van der Waals surface area contributed by atoms with Gasteiger partial charge in [-0.15, -0.1) is 11.3 Å². The lowest BCUT2D eigenvalue weighted by Crippen LogP contribution is -2.48. The van der Waals surface area contributed by atoms with E-state index in [4.69, 9.17) is 9.52 Å². The van der Waals surface area contributed by atoms with Crippen LogP contribution in [0.2, 0.25) is 0 Å². The number of aliphatic imine (C=N–C) groups is 1. The molecule has 1 atom stereocenters. The monoisotopic (exact) mass is 454 g/mol. The van der Waals surface area contributed by atoms with Crippen LogP contribution >= 0.6 is 19.1 Å². The summed E-state index contributed by atoms with van der Waals surface area (Å²) in [6.45, 7) is 4.07. The second kappa shape index (κ2) is 8.13. The van der Waals surface area contributed by atoms with Crippen molar-refractivity contribution in [3.05, 3.63) is 71.1 Å². The van der Waals surface area contributed by atoms with Gasteiger partial charge < -0.3 is 19.6 Å². The van der Waals surface area contributed by atoms with E-state index < -0.39 is 7.75 Å². The molecule has 0 amide bonds. The van der Waals surface area contributed by atoms with Crippen LogP contribution in [0, 0.1) is 6.92 Å². The Bertz CT molecular complexity index is 1170. The minimum Gasteiger partial charge on any atom is -0.413 e. The van der Waals surface area contributed by atoms with Gasteiger partial charge in [0.2, 0.25) is 0 Å². The molecule has 2 aromatic carbocycles. The van der Waals surface area contributed by atoms with Gasteiger partial charge in [0.15, 0.2) is 0 Å². The fourth-order valence-electron chi connectivity index (χ4n) is 3.82. The quantitative estimate of drug-likeness (QED) is 0.543. The number of thiophene rings is 1. The van der Waals surface area contributed by atoms with Gasteiger partial charge in [-0.25, -0.2) is 9.56 Å². The van der Waals surface area contributed by atoms with Crippen molar-refractivity contribution in [1.82, 2.24) is 9.57 Å². The maximum absolute atomic E-state index is 12.8. The van der Waals surface area contributed by atoms with Crippen LogP contribution in [-0.4, -0.2) is 46.5 Å². The Balaban J connectivity index is 1.37. The molecule has 0 bridgehead atoms. The first-order chi connectivity index (χ1) is 15.0. The normalized spacial score (nSPS) is 18.1. The third-order valence-electron chi connectivity index (χ3n) is 5.36. The highest BCUT2D eigenvalue weighted by Crippen LogP contribution is 2.47. The van der Waals surface area contributed by atoms with Gasteiger partial charge in [0.1, 0.15) is 16.6 Å². The number of para-hydroxylation sites is 3. The zero-order valence-electron chi connectivity index (χ0n) is 17.1. The van der Waals surface area contributed by atoms with Crippen LogP contribution in [0.3, 0.4) is 0 Å². The number of nitrogens with zero attached hydrogens (tertiary/aromatic N) is 3. The molecule has 2 aliphatic rings. The lowest BCUT2D eigenvalue weighted by Gasteiger charge is -2.37. The molecule has 2 aliphatic heterocycles. The molecule has 0 saturated carbocycles. The summed E-state index contributed by atoms with van der Waals surface area (Å²) < 4.78 is 19.8. The third kappa shape index (κ3) is 4.12. The van der Waals surface area contributed by atoms with Crippen molar-refractivity contribution in [1.29, 1.82) is 0 Å². The van der Waals surface area contributed by atoms with Crippen LogP contribution in [0.25, 0.3) is 0 Å². The Morgan fingerprint density at radius 3 is 2.55 bits per heavy atom. The zero-order chi connectivity index (χ0) is 21.4. The molecule has 0 spiro atoms. The number of fused-ring (bicyclic) bond motifs is 2. The number of aryl methyl sites for hydroxylation is 1. The minimum absolute atomic E-state index is 0.393. The van der Waals surface area contributed by atoms with E-state index in [0.717, 1.165) is 27.8 Å². The van der Waals surface area contributed by atoms with Gasteiger partial charge in [-0.2, -0.15) is 4.67 Å². The predicted molar refractivity (Wildman–Crippen MR) is 125 cm³/mol. The first-order valence-corrected chi connectivity index (χ1v) is 12.5. The Kier molecular flexibility index (Phi) is 5.32. The van der Waals surface area contributed by atoms with Gasteiger partial charge >= 0.3 is 7.75 Å². The molecule has 1 unspecified atom stereocenters. The number of nitrogens with one attached hydrogen (secondary N) is 1. The van der Waals surface area contributed by atoms with Crippen LogP contribution in [-0.2, 0) is 4.57 Å². The highest BCUT2D eigenvalue weighted by atomic mass is 32.1.